The van der Waals surface area contributed by atoms with Gasteiger partial charge in [0.05, 0.1) is 5.56 Å². The van der Waals surface area contributed by atoms with Gasteiger partial charge >= 0.3 is 0 Å². The summed E-state index contributed by atoms with van der Waals surface area (Å²) in [7, 11) is 0. The number of ether oxygens (including phenoxy) is 1. The van der Waals surface area contributed by atoms with Gasteiger partial charge in [0, 0.05) is 9.37 Å². The van der Waals surface area contributed by atoms with E-state index in [0.717, 1.165) is 15.1 Å². The number of hydrogen-bond acceptors (Lipinski definition) is 3. The highest BCUT2D eigenvalue weighted by Crippen LogP contribution is 2.35. The highest BCUT2D eigenvalue weighted by Gasteiger charge is 2.12. The van der Waals surface area contributed by atoms with Gasteiger partial charge in [0.2, 0.25) is 0 Å². The van der Waals surface area contributed by atoms with Crippen molar-refractivity contribution in [3.05, 3.63) is 52.5 Å². The van der Waals surface area contributed by atoms with E-state index in [2.05, 4.69) is 15.9 Å². The Morgan fingerprint density at radius 1 is 1.16 bits per heavy atom. The van der Waals surface area contributed by atoms with Crippen molar-refractivity contribution in [2.75, 3.05) is 6.26 Å². The van der Waals surface area contributed by atoms with Crippen molar-refractivity contribution in [3.63, 3.8) is 0 Å². The molecular weight excluding hydrogens is 342 g/mol. The van der Waals surface area contributed by atoms with E-state index >= 15 is 0 Å². The molecule has 0 aliphatic rings. The number of halogens is 1. The van der Waals surface area contributed by atoms with Crippen molar-refractivity contribution < 1.29 is 4.74 Å². The Morgan fingerprint density at radius 3 is 2.53 bits per heavy atom. The first-order chi connectivity index (χ1) is 9.13. The molecule has 2 nitrogen and oxygen atoms in total. The molecule has 5 heteroatoms. The van der Waals surface area contributed by atoms with Gasteiger partial charge in [-0.25, -0.2) is 0 Å². The molecule has 0 fully saturated rings. The third-order valence-electron chi connectivity index (χ3n) is 2.51. The van der Waals surface area contributed by atoms with Crippen molar-refractivity contribution in [2.24, 2.45) is 5.73 Å². The number of rotatable bonds is 4. The summed E-state index contributed by atoms with van der Waals surface area (Å²) in [6, 6.07) is 13.5. The first-order valence-electron chi connectivity index (χ1n) is 5.52. The Morgan fingerprint density at radius 2 is 1.84 bits per heavy atom. The molecule has 0 amide bonds. The maximum atomic E-state index is 5.96. The highest BCUT2D eigenvalue weighted by molar-refractivity contribution is 9.10. The minimum atomic E-state index is 0.309. The quantitative estimate of drug-likeness (QED) is 0.643. The minimum Gasteiger partial charge on any atom is -0.455 e. The summed E-state index contributed by atoms with van der Waals surface area (Å²) < 4.78 is 6.79. The number of nitrogens with two attached hydrogens (primary N) is 1. The van der Waals surface area contributed by atoms with Crippen LogP contribution < -0.4 is 10.5 Å². The van der Waals surface area contributed by atoms with Crippen LogP contribution in [0.15, 0.2) is 51.8 Å². The maximum Gasteiger partial charge on any atom is 0.140 e. The lowest BCUT2D eigenvalue weighted by Gasteiger charge is -2.13. The molecule has 2 N–H and O–H groups in total. The van der Waals surface area contributed by atoms with Gasteiger partial charge in [-0.15, -0.1) is 11.8 Å². The smallest absolute Gasteiger partial charge is 0.140 e. The van der Waals surface area contributed by atoms with Crippen molar-refractivity contribution >= 4 is 44.9 Å². The second-order valence-corrected chi connectivity index (χ2v) is 5.87. The zero-order valence-corrected chi connectivity index (χ0v) is 13.4. The van der Waals surface area contributed by atoms with Gasteiger partial charge in [0.1, 0.15) is 16.5 Å². The average Bonchev–Trinajstić information content (AvgIpc) is 2.39. The largest absolute Gasteiger partial charge is 0.455 e. The zero-order valence-electron chi connectivity index (χ0n) is 10.2. The maximum absolute atomic E-state index is 5.96. The number of hydrogen-bond donors (Lipinski definition) is 1. The van der Waals surface area contributed by atoms with Gasteiger partial charge in [-0.1, -0.05) is 30.4 Å². The van der Waals surface area contributed by atoms with E-state index in [1.54, 1.807) is 11.8 Å². The third kappa shape index (κ3) is 3.29. The third-order valence-corrected chi connectivity index (χ3v) is 4.15. The topological polar surface area (TPSA) is 35.2 Å². The standard InChI is InChI=1S/C14H12BrNOS2/c1-19-12-8-3-2-6-10(12)17-11-7-4-5-9(15)13(11)14(16)18/h2-8H,1H3,(H2,16,18). The summed E-state index contributed by atoms with van der Waals surface area (Å²) >= 11 is 10.2. The molecule has 0 aliphatic heterocycles. The van der Waals surface area contributed by atoms with Crippen LogP contribution in [0.25, 0.3) is 0 Å². The minimum absolute atomic E-state index is 0.309. The second-order valence-electron chi connectivity index (χ2n) is 3.73. The number of benzene rings is 2. The molecule has 2 aromatic carbocycles. The predicted octanol–water partition coefficient (Wildman–Crippen LogP) is 4.60. The summed E-state index contributed by atoms with van der Waals surface area (Å²) in [4.78, 5) is 1.38. The van der Waals surface area contributed by atoms with Crippen LogP contribution in [0, 0.1) is 0 Å². The second kappa shape index (κ2) is 6.41. The fraction of sp³-hybridized carbons (Fsp3) is 0.0714. The lowest BCUT2D eigenvalue weighted by Crippen LogP contribution is -2.11. The molecule has 0 aliphatic carbocycles. The van der Waals surface area contributed by atoms with Crippen LogP contribution in [-0.2, 0) is 0 Å². The molecule has 0 spiro atoms. The van der Waals surface area contributed by atoms with Crippen LogP contribution in [0.5, 0.6) is 11.5 Å². The molecule has 0 saturated heterocycles. The van der Waals surface area contributed by atoms with E-state index in [0.29, 0.717) is 16.3 Å². The molecule has 0 aromatic heterocycles. The van der Waals surface area contributed by atoms with Crippen LogP contribution in [0.2, 0.25) is 0 Å². The van der Waals surface area contributed by atoms with Gasteiger partial charge < -0.3 is 10.5 Å². The average molecular weight is 354 g/mol. The Labute approximate surface area is 130 Å². The van der Waals surface area contributed by atoms with Gasteiger partial charge in [-0.2, -0.15) is 0 Å². The highest BCUT2D eigenvalue weighted by atomic mass is 79.9. The Bertz CT molecular complexity index is 616. The van der Waals surface area contributed by atoms with Crippen LogP contribution in [0.1, 0.15) is 5.56 Å². The Kier molecular flexibility index (Phi) is 4.85. The van der Waals surface area contributed by atoms with E-state index in [9.17, 15) is 0 Å². The molecule has 0 atom stereocenters. The molecule has 0 heterocycles. The van der Waals surface area contributed by atoms with Crippen molar-refractivity contribution in [1.29, 1.82) is 0 Å². The molecule has 2 rings (SSSR count). The zero-order chi connectivity index (χ0) is 13.8. The van der Waals surface area contributed by atoms with Gasteiger partial charge in [-0.3, -0.25) is 0 Å². The molecule has 2 aromatic rings. The van der Waals surface area contributed by atoms with E-state index in [1.165, 1.54) is 0 Å². The van der Waals surface area contributed by atoms with Crippen LogP contribution in [-0.4, -0.2) is 11.2 Å². The summed E-state index contributed by atoms with van der Waals surface area (Å²) in [6.07, 6.45) is 2.01. The number of para-hydroxylation sites is 1. The van der Waals surface area contributed by atoms with E-state index in [-0.39, 0.29) is 0 Å². The molecule has 19 heavy (non-hydrogen) atoms. The molecule has 0 unspecified atom stereocenters. The molecule has 98 valence electrons. The lowest BCUT2D eigenvalue weighted by molar-refractivity contribution is 0.470. The van der Waals surface area contributed by atoms with Crippen molar-refractivity contribution in [3.8, 4) is 11.5 Å². The van der Waals surface area contributed by atoms with Crippen molar-refractivity contribution in [1.82, 2.24) is 0 Å². The summed E-state index contributed by atoms with van der Waals surface area (Å²) in [5.41, 5.74) is 6.47. The normalized spacial score (nSPS) is 10.2. The van der Waals surface area contributed by atoms with Crippen molar-refractivity contribution in [2.45, 2.75) is 4.90 Å². The summed E-state index contributed by atoms with van der Waals surface area (Å²) in [6.45, 7) is 0. The SMILES string of the molecule is CSc1ccccc1Oc1cccc(Br)c1C(N)=S. The lowest BCUT2D eigenvalue weighted by atomic mass is 10.2. The van der Waals surface area contributed by atoms with Gasteiger partial charge in [0.25, 0.3) is 0 Å². The fourth-order valence-electron chi connectivity index (χ4n) is 1.65. The van der Waals surface area contributed by atoms with Crippen LogP contribution in [0.3, 0.4) is 0 Å². The van der Waals surface area contributed by atoms with E-state index in [4.69, 9.17) is 22.7 Å². The van der Waals surface area contributed by atoms with E-state index < -0.39 is 0 Å². The Hall–Kier alpha value is -1.04. The number of thioether (sulfide) groups is 1. The predicted molar refractivity (Wildman–Crippen MR) is 88.3 cm³/mol. The molecule has 0 radical (unpaired) electrons. The Balaban J connectivity index is 2.44. The first-order valence-corrected chi connectivity index (χ1v) is 7.95. The molecule has 0 bridgehead atoms. The first kappa shape index (κ1) is 14.4. The summed E-state index contributed by atoms with van der Waals surface area (Å²) in [5.74, 6) is 1.45. The number of thiocarbonyl (C=S) groups is 1. The fourth-order valence-corrected chi connectivity index (χ4v) is 3.08. The van der Waals surface area contributed by atoms with E-state index in [1.807, 2.05) is 48.7 Å². The van der Waals surface area contributed by atoms with Crippen LogP contribution in [0.4, 0.5) is 0 Å². The monoisotopic (exact) mass is 353 g/mol. The summed E-state index contributed by atoms with van der Waals surface area (Å²) in [5, 5.41) is 0. The van der Waals surface area contributed by atoms with Crippen LogP contribution >= 0.6 is 39.9 Å². The van der Waals surface area contributed by atoms with Gasteiger partial charge in [-0.05, 0) is 46.5 Å². The van der Waals surface area contributed by atoms with Gasteiger partial charge in [0.15, 0.2) is 0 Å². The molecule has 0 saturated carbocycles. The molecular formula is C14H12BrNOS2.